The van der Waals surface area contributed by atoms with Crippen LogP contribution >= 0.6 is 11.3 Å². The van der Waals surface area contributed by atoms with Gasteiger partial charge in [0.2, 0.25) is 0 Å². The second-order valence-electron chi connectivity index (χ2n) is 8.04. The van der Waals surface area contributed by atoms with Crippen LogP contribution in [0.4, 0.5) is 0 Å². The minimum Gasteiger partial charge on any atom is -0.352 e. The summed E-state index contributed by atoms with van der Waals surface area (Å²) in [6.07, 6.45) is 13.0. The van der Waals surface area contributed by atoms with Gasteiger partial charge in [0.05, 0.1) is 6.54 Å². The van der Waals surface area contributed by atoms with Crippen molar-refractivity contribution >= 4 is 17.2 Å². The van der Waals surface area contributed by atoms with Crippen LogP contribution in [0.3, 0.4) is 0 Å². The van der Waals surface area contributed by atoms with Gasteiger partial charge in [0.25, 0.3) is 5.91 Å². The highest BCUT2D eigenvalue weighted by Crippen LogP contribution is 2.14. The van der Waals surface area contributed by atoms with Gasteiger partial charge >= 0.3 is 0 Å². The topological polar surface area (TPSA) is 52.6 Å². The van der Waals surface area contributed by atoms with Crippen molar-refractivity contribution in [2.45, 2.75) is 84.2 Å². The molecule has 1 aromatic carbocycles. The number of nitrogens with zero attached hydrogens (tertiary/aromatic N) is 1. The maximum Gasteiger partial charge on any atom is 0.251 e. The van der Waals surface area contributed by atoms with Crippen molar-refractivity contribution in [1.29, 1.82) is 0 Å². The Kier molecular flexibility index (Phi) is 12.4. The van der Waals surface area contributed by atoms with E-state index in [0.29, 0.717) is 18.7 Å². The van der Waals surface area contributed by atoms with Crippen LogP contribution in [0.15, 0.2) is 41.8 Å². The summed E-state index contributed by atoms with van der Waals surface area (Å²) in [5, 5.41) is 16.4. The molecule has 0 saturated heterocycles. The molecule has 1 aromatic heterocycles. The number of amides is 1. The monoisotopic (exact) mass is 430 g/mol. The molecule has 30 heavy (non-hydrogen) atoms. The van der Waals surface area contributed by atoms with E-state index < -0.39 is 0 Å². The Bertz CT molecular complexity index is 686. The van der Waals surface area contributed by atoms with Crippen molar-refractivity contribution in [3.05, 3.63) is 57.8 Å². The Morgan fingerprint density at radius 1 is 0.900 bits per heavy atom. The second-order valence-corrected chi connectivity index (χ2v) is 9.07. The van der Waals surface area contributed by atoms with Crippen LogP contribution in [-0.4, -0.2) is 22.7 Å². The molecule has 0 spiro atoms. The van der Waals surface area contributed by atoms with Crippen LogP contribution in [-0.2, 0) is 13.1 Å². The first-order valence-electron chi connectivity index (χ1n) is 11.5. The van der Waals surface area contributed by atoms with Gasteiger partial charge in [0.1, 0.15) is 0 Å². The highest BCUT2D eigenvalue weighted by atomic mass is 32.1. The number of hydrogen-bond acceptors (Lipinski definition) is 4. The summed E-state index contributed by atoms with van der Waals surface area (Å²) in [5.41, 5.74) is 1.66. The lowest BCUT2D eigenvalue weighted by Crippen LogP contribution is -2.24. The summed E-state index contributed by atoms with van der Waals surface area (Å²) in [7, 11) is 0. The smallest absolute Gasteiger partial charge is 0.251 e. The lowest BCUT2D eigenvalue weighted by atomic mass is 10.1. The van der Waals surface area contributed by atoms with Crippen LogP contribution in [0.5, 0.6) is 0 Å². The highest BCUT2D eigenvalue weighted by Gasteiger charge is 2.07. The Hall–Kier alpha value is -1.69. The van der Waals surface area contributed by atoms with Crippen molar-refractivity contribution in [2.24, 2.45) is 0 Å². The maximum absolute atomic E-state index is 12.3. The third-order valence-electron chi connectivity index (χ3n) is 5.32. The molecule has 0 saturated carbocycles. The van der Waals surface area contributed by atoms with E-state index in [9.17, 15) is 10.0 Å². The van der Waals surface area contributed by atoms with Gasteiger partial charge in [-0.05, 0) is 35.6 Å². The third-order valence-corrected chi connectivity index (χ3v) is 6.18. The number of nitrogens with one attached hydrogen (secondary N) is 1. The fraction of sp³-hybridized carbons (Fsp3) is 0.560. The molecule has 0 radical (unpaired) electrons. The van der Waals surface area contributed by atoms with Crippen LogP contribution in [0.25, 0.3) is 0 Å². The maximum atomic E-state index is 12.3. The van der Waals surface area contributed by atoms with Gasteiger partial charge in [-0.1, -0.05) is 82.9 Å². The number of rotatable bonds is 16. The molecule has 1 heterocycles. The average molecular weight is 431 g/mol. The predicted octanol–water partition coefficient (Wildman–Crippen LogP) is 6.79. The van der Waals surface area contributed by atoms with Gasteiger partial charge < -0.3 is 10.5 Å². The van der Waals surface area contributed by atoms with E-state index in [1.54, 1.807) is 11.3 Å². The largest absolute Gasteiger partial charge is 0.352 e. The van der Waals surface area contributed by atoms with Gasteiger partial charge in [-0.2, -0.15) is 5.06 Å². The Labute approximate surface area is 186 Å². The van der Waals surface area contributed by atoms with Crippen molar-refractivity contribution < 1.29 is 10.0 Å². The van der Waals surface area contributed by atoms with Gasteiger partial charge in [0.15, 0.2) is 0 Å². The van der Waals surface area contributed by atoms with Gasteiger partial charge in [-0.25, -0.2) is 0 Å². The molecule has 5 heteroatoms. The van der Waals surface area contributed by atoms with E-state index in [1.807, 2.05) is 41.8 Å². The number of unbranched alkanes of at least 4 members (excludes halogenated alkanes) is 9. The van der Waals surface area contributed by atoms with E-state index in [2.05, 4.69) is 12.2 Å². The van der Waals surface area contributed by atoms with Gasteiger partial charge in [-0.3, -0.25) is 4.79 Å². The first kappa shape index (κ1) is 24.6. The molecule has 0 fully saturated rings. The summed E-state index contributed by atoms with van der Waals surface area (Å²) < 4.78 is 0. The molecule has 2 aromatic rings. The normalized spacial score (nSPS) is 11.2. The predicted molar refractivity (Wildman–Crippen MR) is 126 cm³/mol. The first-order chi connectivity index (χ1) is 14.7. The number of carbonyl (C=O) groups is 1. The minimum absolute atomic E-state index is 0.0167. The summed E-state index contributed by atoms with van der Waals surface area (Å²) in [6, 6.07) is 11.5. The lowest BCUT2D eigenvalue weighted by molar-refractivity contribution is -0.107. The zero-order valence-corrected chi connectivity index (χ0v) is 19.3. The zero-order chi connectivity index (χ0) is 21.4. The van der Waals surface area contributed by atoms with Crippen molar-refractivity contribution in [3.63, 3.8) is 0 Å². The second kappa shape index (κ2) is 15.2. The number of benzene rings is 1. The molecule has 0 aliphatic carbocycles. The summed E-state index contributed by atoms with van der Waals surface area (Å²) in [4.78, 5) is 13.4. The van der Waals surface area contributed by atoms with Crippen LogP contribution in [0, 0.1) is 0 Å². The number of carbonyl (C=O) groups excluding carboxylic acids is 1. The van der Waals surface area contributed by atoms with Gasteiger partial charge in [-0.15, -0.1) is 11.3 Å². The lowest BCUT2D eigenvalue weighted by Gasteiger charge is -2.14. The first-order valence-corrected chi connectivity index (χ1v) is 12.4. The molecule has 1 amide bonds. The van der Waals surface area contributed by atoms with Gasteiger partial charge in [0, 0.05) is 23.5 Å². The van der Waals surface area contributed by atoms with E-state index in [0.717, 1.165) is 23.4 Å². The molecule has 0 atom stereocenters. The van der Waals surface area contributed by atoms with E-state index >= 15 is 0 Å². The quantitative estimate of drug-likeness (QED) is 0.228. The molecular weight excluding hydrogens is 392 g/mol. The van der Waals surface area contributed by atoms with Crippen LogP contribution in [0.2, 0.25) is 0 Å². The third kappa shape index (κ3) is 10.4. The van der Waals surface area contributed by atoms with Crippen LogP contribution < -0.4 is 5.32 Å². The minimum atomic E-state index is -0.0167. The molecular formula is C25H38N2O2S. The molecule has 0 aliphatic rings. The SMILES string of the molecule is CCCCCCCCCCCCNC(=O)c1ccc(CN(O)Cc2cccs2)cc1. The molecule has 2 N–H and O–H groups in total. The fourth-order valence-corrected chi connectivity index (χ4v) is 4.24. The Morgan fingerprint density at radius 3 is 2.13 bits per heavy atom. The van der Waals surface area contributed by atoms with Crippen molar-refractivity contribution in [1.82, 2.24) is 10.4 Å². The standard InChI is InChI=1S/C25H38N2O2S/c1-2-3-4-5-6-7-8-9-10-11-18-26-25(28)23-16-14-22(15-17-23)20-27(29)21-24-13-12-19-30-24/h12-17,19,29H,2-11,18,20-21H2,1H3,(H,26,28). The average Bonchev–Trinajstić information content (AvgIpc) is 3.25. The summed E-state index contributed by atoms with van der Waals surface area (Å²) in [5.74, 6) is -0.0167. The zero-order valence-electron chi connectivity index (χ0n) is 18.4. The van der Waals surface area contributed by atoms with E-state index in [-0.39, 0.29) is 5.91 Å². The van der Waals surface area contributed by atoms with Crippen molar-refractivity contribution in [2.75, 3.05) is 6.54 Å². The van der Waals surface area contributed by atoms with E-state index in [4.69, 9.17) is 0 Å². The van der Waals surface area contributed by atoms with Crippen molar-refractivity contribution in [3.8, 4) is 0 Å². The number of thiophene rings is 1. The highest BCUT2D eigenvalue weighted by molar-refractivity contribution is 7.09. The number of hydrogen-bond donors (Lipinski definition) is 2. The van der Waals surface area contributed by atoms with E-state index in [1.165, 1.54) is 62.9 Å². The molecule has 166 valence electrons. The molecule has 0 unspecified atom stereocenters. The molecule has 0 bridgehead atoms. The fourth-order valence-electron chi connectivity index (χ4n) is 3.53. The summed E-state index contributed by atoms with van der Waals surface area (Å²) >= 11 is 1.63. The molecule has 4 nitrogen and oxygen atoms in total. The summed E-state index contributed by atoms with van der Waals surface area (Å²) in [6.45, 7) is 3.95. The molecule has 0 aliphatic heterocycles. The number of hydroxylamine groups is 2. The molecule has 2 rings (SSSR count). The Morgan fingerprint density at radius 2 is 1.53 bits per heavy atom. The van der Waals surface area contributed by atoms with Crippen LogP contribution in [0.1, 0.15) is 91.9 Å². The Balaban J connectivity index is 1.54.